The zero-order chi connectivity index (χ0) is 13.1. The number of rotatable bonds is 5. The molecule has 98 valence electrons. The summed E-state index contributed by atoms with van der Waals surface area (Å²) in [5.74, 6) is -2.32. The van der Waals surface area contributed by atoms with Crippen molar-refractivity contribution in [3.8, 4) is 0 Å². The zero-order valence-electron chi connectivity index (χ0n) is 10.2. The van der Waals surface area contributed by atoms with E-state index in [2.05, 4.69) is 10.3 Å². The van der Waals surface area contributed by atoms with Crippen molar-refractivity contribution in [3.63, 3.8) is 0 Å². The quantitative estimate of drug-likeness (QED) is 0.821. The fraction of sp³-hybridized carbons (Fsp3) is 0.538. The number of hydrogen-bond acceptors (Lipinski definition) is 2. The molecular formula is C13H16F2N2O. The first-order valence-electron chi connectivity index (χ1n) is 6.22. The fourth-order valence-electron chi connectivity index (χ4n) is 1.94. The Bertz CT molecular complexity index is 447. The minimum atomic E-state index is -1.24. The third-order valence-corrected chi connectivity index (χ3v) is 3.23. The van der Waals surface area contributed by atoms with Gasteiger partial charge in [0.1, 0.15) is 0 Å². The Morgan fingerprint density at radius 2 is 2.28 bits per heavy atom. The van der Waals surface area contributed by atoms with Gasteiger partial charge in [-0.3, -0.25) is 4.79 Å². The highest BCUT2D eigenvalue weighted by molar-refractivity contribution is 5.94. The van der Waals surface area contributed by atoms with Crippen LogP contribution in [0.4, 0.5) is 8.78 Å². The third kappa shape index (κ3) is 3.03. The molecule has 1 aromatic rings. The highest BCUT2D eigenvalue weighted by Crippen LogP contribution is 2.34. The molecule has 0 aliphatic heterocycles. The average Bonchev–Trinajstić information content (AvgIpc) is 3.15. The molecule has 1 aromatic heterocycles. The Labute approximate surface area is 105 Å². The molecule has 1 atom stereocenters. The second-order valence-corrected chi connectivity index (χ2v) is 4.72. The molecule has 18 heavy (non-hydrogen) atoms. The van der Waals surface area contributed by atoms with Crippen LogP contribution >= 0.6 is 0 Å². The number of aromatic nitrogens is 1. The second kappa shape index (κ2) is 5.42. The molecule has 1 saturated carbocycles. The van der Waals surface area contributed by atoms with Crippen LogP contribution in [-0.4, -0.2) is 16.9 Å². The molecule has 1 unspecified atom stereocenters. The molecular weight excluding hydrogens is 238 g/mol. The van der Waals surface area contributed by atoms with Crippen molar-refractivity contribution in [2.24, 2.45) is 5.92 Å². The molecule has 0 bridgehead atoms. The topological polar surface area (TPSA) is 42.0 Å². The van der Waals surface area contributed by atoms with E-state index in [0.29, 0.717) is 5.92 Å². The van der Waals surface area contributed by atoms with Crippen LogP contribution in [-0.2, 0) is 0 Å². The summed E-state index contributed by atoms with van der Waals surface area (Å²) in [7, 11) is 0. The van der Waals surface area contributed by atoms with Crippen LogP contribution in [0.3, 0.4) is 0 Å². The first-order chi connectivity index (χ1) is 8.61. The lowest BCUT2D eigenvalue weighted by Gasteiger charge is -2.16. The van der Waals surface area contributed by atoms with Gasteiger partial charge in [-0.05, 0) is 24.8 Å². The summed E-state index contributed by atoms with van der Waals surface area (Å²) in [5, 5.41) is 2.75. The molecule has 0 radical (unpaired) electrons. The predicted molar refractivity (Wildman–Crippen MR) is 63.0 cm³/mol. The SMILES string of the molecule is CCC(CC1CC1)NC(=O)c1ccnc(F)c1F. The standard InChI is InChI=1S/C13H16F2N2O/c1-2-9(7-8-3-4-8)17-13(18)10-5-6-16-12(15)11(10)14/h5-6,8-9H,2-4,7H2,1H3,(H,17,18). The molecule has 2 rings (SSSR count). The maximum Gasteiger partial charge on any atom is 0.254 e. The second-order valence-electron chi connectivity index (χ2n) is 4.72. The minimum absolute atomic E-state index is 0.0284. The van der Waals surface area contributed by atoms with Crippen LogP contribution in [0.2, 0.25) is 0 Å². The number of carbonyl (C=O) groups is 1. The molecule has 0 spiro atoms. The van der Waals surface area contributed by atoms with E-state index in [9.17, 15) is 13.6 Å². The van der Waals surface area contributed by atoms with Gasteiger partial charge in [0.25, 0.3) is 5.91 Å². The van der Waals surface area contributed by atoms with Gasteiger partial charge in [0.2, 0.25) is 5.95 Å². The van der Waals surface area contributed by atoms with E-state index in [1.54, 1.807) is 0 Å². The number of nitrogens with zero attached hydrogens (tertiary/aromatic N) is 1. The molecule has 1 N–H and O–H groups in total. The van der Waals surface area contributed by atoms with Crippen LogP contribution in [0, 0.1) is 17.7 Å². The van der Waals surface area contributed by atoms with Crippen LogP contribution in [0.25, 0.3) is 0 Å². The number of amides is 1. The summed E-state index contributed by atoms with van der Waals surface area (Å²) in [4.78, 5) is 15.0. The van der Waals surface area contributed by atoms with Gasteiger partial charge in [-0.15, -0.1) is 0 Å². The molecule has 0 saturated heterocycles. The van der Waals surface area contributed by atoms with E-state index in [1.165, 1.54) is 18.9 Å². The summed E-state index contributed by atoms with van der Waals surface area (Å²) >= 11 is 0. The highest BCUT2D eigenvalue weighted by atomic mass is 19.2. The summed E-state index contributed by atoms with van der Waals surface area (Å²) in [6, 6.07) is 1.22. The maximum absolute atomic E-state index is 13.4. The Hall–Kier alpha value is -1.52. The molecule has 0 aromatic carbocycles. The van der Waals surface area contributed by atoms with Gasteiger partial charge in [0.15, 0.2) is 5.82 Å². The summed E-state index contributed by atoms with van der Waals surface area (Å²) in [5.41, 5.74) is -0.281. The first kappa shape index (κ1) is 12.9. The van der Waals surface area contributed by atoms with Crippen molar-refractivity contribution in [2.75, 3.05) is 0 Å². The Morgan fingerprint density at radius 3 is 2.89 bits per heavy atom. The third-order valence-electron chi connectivity index (χ3n) is 3.23. The van der Waals surface area contributed by atoms with Gasteiger partial charge >= 0.3 is 0 Å². The number of carbonyl (C=O) groups excluding carboxylic acids is 1. The fourth-order valence-corrected chi connectivity index (χ4v) is 1.94. The maximum atomic E-state index is 13.4. The number of pyridine rings is 1. The lowest BCUT2D eigenvalue weighted by Crippen LogP contribution is -2.35. The number of hydrogen-bond donors (Lipinski definition) is 1. The van der Waals surface area contributed by atoms with Crippen LogP contribution < -0.4 is 5.32 Å². The van der Waals surface area contributed by atoms with Crippen LogP contribution in [0.1, 0.15) is 43.0 Å². The van der Waals surface area contributed by atoms with Gasteiger partial charge in [-0.25, -0.2) is 9.37 Å². The van der Waals surface area contributed by atoms with Gasteiger partial charge in [-0.2, -0.15) is 4.39 Å². The van der Waals surface area contributed by atoms with E-state index in [0.717, 1.165) is 19.0 Å². The van der Waals surface area contributed by atoms with Gasteiger partial charge < -0.3 is 5.32 Å². The molecule has 1 heterocycles. The smallest absolute Gasteiger partial charge is 0.254 e. The molecule has 1 aliphatic rings. The molecule has 5 heteroatoms. The van der Waals surface area contributed by atoms with Gasteiger partial charge in [-0.1, -0.05) is 19.8 Å². The number of nitrogens with one attached hydrogen (secondary N) is 1. The Morgan fingerprint density at radius 1 is 1.56 bits per heavy atom. The predicted octanol–water partition coefficient (Wildman–Crippen LogP) is 2.67. The van der Waals surface area contributed by atoms with Crippen molar-refractivity contribution in [2.45, 2.75) is 38.6 Å². The highest BCUT2D eigenvalue weighted by Gasteiger charge is 2.26. The molecule has 1 fully saturated rings. The van der Waals surface area contributed by atoms with Crippen molar-refractivity contribution >= 4 is 5.91 Å². The van der Waals surface area contributed by atoms with Crippen molar-refractivity contribution in [1.82, 2.24) is 10.3 Å². The zero-order valence-corrected chi connectivity index (χ0v) is 10.2. The van der Waals surface area contributed by atoms with E-state index in [1.807, 2.05) is 6.92 Å². The van der Waals surface area contributed by atoms with Crippen molar-refractivity contribution in [1.29, 1.82) is 0 Å². The number of halogens is 2. The summed E-state index contributed by atoms with van der Waals surface area (Å²) in [6.45, 7) is 1.97. The van der Waals surface area contributed by atoms with Crippen LogP contribution in [0.5, 0.6) is 0 Å². The Balaban J connectivity index is 2.03. The first-order valence-corrected chi connectivity index (χ1v) is 6.22. The summed E-state index contributed by atoms with van der Waals surface area (Å²) in [6.07, 6.45) is 5.19. The molecule has 1 amide bonds. The Kier molecular flexibility index (Phi) is 3.89. The van der Waals surface area contributed by atoms with Crippen molar-refractivity contribution in [3.05, 3.63) is 29.6 Å². The van der Waals surface area contributed by atoms with E-state index < -0.39 is 17.7 Å². The van der Waals surface area contributed by atoms with Crippen LogP contribution in [0.15, 0.2) is 12.3 Å². The van der Waals surface area contributed by atoms with Gasteiger partial charge in [0.05, 0.1) is 5.56 Å². The van der Waals surface area contributed by atoms with E-state index in [4.69, 9.17) is 0 Å². The largest absolute Gasteiger partial charge is 0.349 e. The minimum Gasteiger partial charge on any atom is -0.349 e. The molecule has 1 aliphatic carbocycles. The van der Waals surface area contributed by atoms with E-state index >= 15 is 0 Å². The van der Waals surface area contributed by atoms with Crippen molar-refractivity contribution < 1.29 is 13.6 Å². The normalized spacial score (nSPS) is 16.4. The lowest BCUT2D eigenvalue weighted by atomic mass is 10.1. The lowest BCUT2D eigenvalue weighted by molar-refractivity contribution is 0.0927. The monoisotopic (exact) mass is 254 g/mol. The molecule has 3 nitrogen and oxygen atoms in total. The van der Waals surface area contributed by atoms with Gasteiger partial charge in [0, 0.05) is 12.2 Å². The summed E-state index contributed by atoms with van der Waals surface area (Å²) < 4.78 is 26.3. The van der Waals surface area contributed by atoms with E-state index in [-0.39, 0.29) is 11.6 Å². The average molecular weight is 254 g/mol.